The Balaban J connectivity index is 2.77. The van der Waals surface area contributed by atoms with Crippen molar-refractivity contribution >= 4 is 34.8 Å². The van der Waals surface area contributed by atoms with Gasteiger partial charge in [0.25, 0.3) is 5.56 Å². The summed E-state index contributed by atoms with van der Waals surface area (Å²) in [5.74, 6) is 0. The zero-order chi connectivity index (χ0) is 15.1. The van der Waals surface area contributed by atoms with E-state index in [0.717, 1.165) is 0 Å². The molecule has 0 atom stereocenters. The van der Waals surface area contributed by atoms with E-state index in [1.807, 2.05) is 4.98 Å². The molecule has 1 aromatic carbocycles. The molecule has 106 valence electrons. The molecule has 2 aromatic rings. The molecule has 2 rings (SSSR count). The maximum atomic E-state index is 12.7. The number of benzene rings is 1. The van der Waals surface area contributed by atoms with Crippen molar-refractivity contribution in [2.75, 3.05) is 0 Å². The Kier molecular flexibility index (Phi) is 4.04. The third-order valence-corrected chi connectivity index (χ3v) is 3.66. The van der Waals surface area contributed by atoms with E-state index in [1.54, 1.807) is 0 Å². The van der Waals surface area contributed by atoms with Crippen molar-refractivity contribution in [3.8, 4) is 11.1 Å². The minimum absolute atomic E-state index is 0.0317. The third-order valence-electron chi connectivity index (χ3n) is 2.54. The molecular weight excluding hydrogens is 337 g/mol. The van der Waals surface area contributed by atoms with Crippen LogP contribution >= 0.6 is 34.8 Å². The Morgan fingerprint density at radius 2 is 1.65 bits per heavy atom. The van der Waals surface area contributed by atoms with E-state index >= 15 is 0 Å². The lowest BCUT2D eigenvalue weighted by atomic mass is 10.1. The number of alkyl halides is 3. The lowest BCUT2D eigenvalue weighted by molar-refractivity contribution is -0.137. The van der Waals surface area contributed by atoms with Crippen LogP contribution in [0.5, 0.6) is 0 Å². The zero-order valence-electron chi connectivity index (χ0n) is 9.49. The van der Waals surface area contributed by atoms with Crippen LogP contribution < -0.4 is 5.56 Å². The van der Waals surface area contributed by atoms with Crippen LogP contribution in [0.25, 0.3) is 11.1 Å². The fraction of sp³-hybridized carbons (Fsp3) is 0.0833. The number of nitrogens with one attached hydrogen (secondary N) is 1. The smallest absolute Gasteiger partial charge is 0.328 e. The summed E-state index contributed by atoms with van der Waals surface area (Å²) in [5.41, 5.74) is -2.09. The minimum atomic E-state index is -4.60. The maximum Gasteiger partial charge on any atom is 0.417 e. The highest BCUT2D eigenvalue weighted by molar-refractivity contribution is 6.46. The van der Waals surface area contributed by atoms with Gasteiger partial charge in [0, 0.05) is 11.8 Å². The van der Waals surface area contributed by atoms with Gasteiger partial charge >= 0.3 is 6.18 Å². The van der Waals surface area contributed by atoms with E-state index in [4.69, 9.17) is 34.8 Å². The monoisotopic (exact) mass is 341 g/mol. The molecule has 1 N–H and O–H groups in total. The number of hydrogen-bond acceptors (Lipinski definition) is 1. The van der Waals surface area contributed by atoms with Gasteiger partial charge in [-0.3, -0.25) is 4.79 Å². The summed E-state index contributed by atoms with van der Waals surface area (Å²) in [6.45, 7) is 0. The molecule has 0 aliphatic rings. The molecule has 0 amide bonds. The molecule has 0 fully saturated rings. The molecule has 2 nitrogen and oxygen atoms in total. The van der Waals surface area contributed by atoms with Crippen molar-refractivity contribution in [2.45, 2.75) is 6.18 Å². The Bertz CT molecular complexity index is 725. The summed E-state index contributed by atoms with van der Waals surface area (Å²) in [4.78, 5) is 13.7. The van der Waals surface area contributed by atoms with E-state index in [-0.39, 0.29) is 26.2 Å². The number of pyridine rings is 1. The summed E-state index contributed by atoms with van der Waals surface area (Å²) in [6.07, 6.45) is -4.02. The van der Waals surface area contributed by atoms with Crippen molar-refractivity contribution in [3.05, 3.63) is 55.4 Å². The van der Waals surface area contributed by atoms with Gasteiger partial charge in [-0.25, -0.2) is 0 Å². The number of hydrogen-bond donors (Lipinski definition) is 1. The number of aromatic nitrogens is 1. The third kappa shape index (κ3) is 2.80. The largest absolute Gasteiger partial charge is 0.417 e. The summed E-state index contributed by atoms with van der Waals surface area (Å²) in [6, 6.07) is 3.42. The molecule has 8 heteroatoms. The Morgan fingerprint density at radius 3 is 2.25 bits per heavy atom. The van der Waals surface area contributed by atoms with Gasteiger partial charge in [0.1, 0.15) is 0 Å². The highest BCUT2D eigenvalue weighted by Gasteiger charge is 2.32. The molecule has 20 heavy (non-hydrogen) atoms. The summed E-state index contributed by atoms with van der Waals surface area (Å²) >= 11 is 17.6. The average molecular weight is 343 g/mol. The standard InChI is InChI=1S/C12H5Cl3F3NO/c13-7-1-2-8(14)10(15)9(7)6-3-5(12(16,17)18)4-19-11(6)20/h1-4H,(H,19,20). The topological polar surface area (TPSA) is 32.9 Å². The number of H-pyrrole nitrogens is 1. The Morgan fingerprint density at radius 1 is 1.05 bits per heavy atom. The van der Waals surface area contributed by atoms with Gasteiger partial charge in [-0.15, -0.1) is 0 Å². The van der Waals surface area contributed by atoms with Crippen molar-refractivity contribution in [3.63, 3.8) is 0 Å². The van der Waals surface area contributed by atoms with Crippen molar-refractivity contribution in [1.29, 1.82) is 0 Å². The van der Waals surface area contributed by atoms with E-state index in [1.165, 1.54) is 12.1 Å². The van der Waals surface area contributed by atoms with Gasteiger partial charge in [0.05, 0.1) is 26.2 Å². The SMILES string of the molecule is O=c1[nH]cc(C(F)(F)F)cc1-c1c(Cl)ccc(Cl)c1Cl. The zero-order valence-corrected chi connectivity index (χ0v) is 11.8. The van der Waals surface area contributed by atoms with Crippen molar-refractivity contribution in [1.82, 2.24) is 4.98 Å². The predicted octanol–water partition coefficient (Wildman–Crippen LogP) is 5.02. The molecule has 0 unspecified atom stereocenters. The predicted molar refractivity (Wildman–Crippen MR) is 72.5 cm³/mol. The van der Waals surface area contributed by atoms with E-state index in [2.05, 4.69) is 0 Å². The van der Waals surface area contributed by atoms with E-state index in [0.29, 0.717) is 12.3 Å². The molecule has 1 heterocycles. The minimum Gasteiger partial charge on any atom is -0.328 e. The highest BCUT2D eigenvalue weighted by atomic mass is 35.5. The van der Waals surface area contributed by atoms with E-state index < -0.39 is 17.3 Å². The van der Waals surface area contributed by atoms with Crippen LogP contribution in [-0.2, 0) is 6.18 Å². The Hall–Kier alpha value is -1.17. The molecule has 0 aliphatic carbocycles. The normalized spacial score (nSPS) is 11.7. The Labute approximate surface area is 126 Å². The quantitative estimate of drug-likeness (QED) is 0.725. The van der Waals surface area contributed by atoms with Gasteiger partial charge in [-0.05, 0) is 18.2 Å². The number of halogens is 6. The number of aromatic amines is 1. The van der Waals surface area contributed by atoms with Gasteiger partial charge in [0.15, 0.2) is 0 Å². The molecule has 1 aromatic heterocycles. The molecule has 0 saturated heterocycles. The van der Waals surface area contributed by atoms with Gasteiger partial charge in [0.2, 0.25) is 0 Å². The summed E-state index contributed by atoms with van der Waals surface area (Å²) in [7, 11) is 0. The second-order valence-electron chi connectivity index (χ2n) is 3.85. The van der Waals surface area contributed by atoms with Crippen LogP contribution in [0.3, 0.4) is 0 Å². The van der Waals surface area contributed by atoms with Crippen LogP contribution in [0.15, 0.2) is 29.2 Å². The van der Waals surface area contributed by atoms with Gasteiger partial charge < -0.3 is 4.98 Å². The first-order chi connectivity index (χ1) is 9.21. The molecule has 0 spiro atoms. The van der Waals surface area contributed by atoms with Crippen LogP contribution in [-0.4, -0.2) is 4.98 Å². The molecule has 0 aliphatic heterocycles. The van der Waals surface area contributed by atoms with Crippen molar-refractivity contribution < 1.29 is 13.2 Å². The van der Waals surface area contributed by atoms with E-state index in [9.17, 15) is 18.0 Å². The second kappa shape index (κ2) is 5.31. The fourth-order valence-electron chi connectivity index (χ4n) is 1.61. The summed E-state index contributed by atoms with van der Waals surface area (Å²) in [5, 5.41) is 0.0381. The second-order valence-corrected chi connectivity index (χ2v) is 5.04. The lowest BCUT2D eigenvalue weighted by Crippen LogP contribution is -2.14. The molecule has 0 bridgehead atoms. The number of rotatable bonds is 1. The van der Waals surface area contributed by atoms with Crippen molar-refractivity contribution in [2.24, 2.45) is 0 Å². The van der Waals surface area contributed by atoms with Gasteiger partial charge in [-0.2, -0.15) is 13.2 Å². The van der Waals surface area contributed by atoms with Crippen LogP contribution in [0, 0.1) is 0 Å². The van der Waals surface area contributed by atoms with Crippen LogP contribution in [0.4, 0.5) is 13.2 Å². The first kappa shape index (κ1) is 15.2. The molecule has 0 radical (unpaired) electrons. The highest BCUT2D eigenvalue weighted by Crippen LogP contribution is 2.39. The lowest BCUT2D eigenvalue weighted by Gasteiger charge is -2.11. The molecule has 0 saturated carbocycles. The molecular formula is C12H5Cl3F3NO. The van der Waals surface area contributed by atoms with Gasteiger partial charge in [-0.1, -0.05) is 34.8 Å². The average Bonchev–Trinajstić information content (AvgIpc) is 2.35. The summed E-state index contributed by atoms with van der Waals surface area (Å²) < 4.78 is 38.0. The fourth-order valence-corrected chi connectivity index (χ4v) is 2.34. The first-order valence-electron chi connectivity index (χ1n) is 5.15. The maximum absolute atomic E-state index is 12.7. The first-order valence-corrected chi connectivity index (χ1v) is 6.29. The van der Waals surface area contributed by atoms with Crippen LogP contribution in [0.2, 0.25) is 15.1 Å². The van der Waals surface area contributed by atoms with Crippen LogP contribution in [0.1, 0.15) is 5.56 Å².